The lowest BCUT2D eigenvalue weighted by Gasteiger charge is -2.28. The Kier molecular flexibility index (Phi) is 3.38. The Morgan fingerprint density at radius 1 is 1.41 bits per heavy atom. The maximum absolute atomic E-state index is 13.9. The highest BCUT2D eigenvalue weighted by molar-refractivity contribution is 5.57. The molecule has 0 spiro atoms. The first kappa shape index (κ1) is 12.4. The quantitative estimate of drug-likeness (QED) is 0.855. The molecule has 3 atom stereocenters. The zero-order chi connectivity index (χ0) is 12.6. The standard InChI is InChI=1S/C14H21FN2/c1-9-7-10(2)17(8-9)13-6-4-5-12(15)14(13)11(3)16/h4-6,9-11H,7-8,16H2,1-3H3/t9?,10?,11-/m1/s1. The summed E-state index contributed by atoms with van der Waals surface area (Å²) in [5.74, 6) is 0.471. The fourth-order valence-corrected chi connectivity index (χ4v) is 2.86. The van der Waals surface area contributed by atoms with Crippen molar-refractivity contribution in [1.29, 1.82) is 0 Å². The van der Waals surface area contributed by atoms with Gasteiger partial charge in [-0.3, -0.25) is 0 Å². The van der Waals surface area contributed by atoms with Crippen LogP contribution in [-0.4, -0.2) is 12.6 Å². The third kappa shape index (κ3) is 2.29. The lowest BCUT2D eigenvalue weighted by molar-refractivity contribution is 0.590. The topological polar surface area (TPSA) is 29.3 Å². The van der Waals surface area contributed by atoms with Gasteiger partial charge in [0, 0.05) is 29.9 Å². The Morgan fingerprint density at radius 2 is 2.12 bits per heavy atom. The average molecular weight is 236 g/mol. The Hall–Kier alpha value is -1.09. The largest absolute Gasteiger partial charge is 0.368 e. The van der Waals surface area contributed by atoms with E-state index in [1.807, 2.05) is 13.0 Å². The van der Waals surface area contributed by atoms with Gasteiger partial charge in [-0.05, 0) is 38.3 Å². The number of hydrogen-bond donors (Lipinski definition) is 1. The molecule has 1 saturated heterocycles. The van der Waals surface area contributed by atoms with Crippen LogP contribution in [0.3, 0.4) is 0 Å². The molecule has 2 N–H and O–H groups in total. The Labute approximate surface area is 103 Å². The molecule has 1 aliphatic rings. The fraction of sp³-hybridized carbons (Fsp3) is 0.571. The van der Waals surface area contributed by atoms with Crippen molar-refractivity contribution in [3.63, 3.8) is 0 Å². The van der Waals surface area contributed by atoms with Crippen molar-refractivity contribution in [2.45, 2.75) is 39.3 Å². The molecule has 1 aromatic carbocycles. The van der Waals surface area contributed by atoms with Crippen molar-refractivity contribution >= 4 is 5.69 Å². The van der Waals surface area contributed by atoms with Gasteiger partial charge in [-0.25, -0.2) is 4.39 Å². The summed E-state index contributed by atoms with van der Waals surface area (Å²) in [6.45, 7) is 7.26. The first-order valence-electron chi connectivity index (χ1n) is 6.31. The predicted octanol–water partition coefficient (Wildman–Crippen LogP) is 3.08. The van der Waals surface area contributed by atoms with E-state index < -0.39 is 0 Å². The second-order valence-electron chi connectivity index (χ2n) is 5.30. The molecule has 1 heterocycles. The number of halogens is 1. The Balaban J connectivity index is 2.41. The van der Waals surface area contributed by atoms with Crippen LogP contribution in [-0.2, 0) is 0 Å². The predicted molar refractivity (Wildman–Crippen MR) is 69.6 cm³/mol. The molecule has 0 bridgehead atoms. The van der Waals surface area contributed by atoms with Gasteiger partial charge < -0.3 is 10.6 Å². The minimum absolute atomic E-state index is 0.191. The van der Waals surface area contributed by atoms with Crippen LogP contribution in [0.1, 0.15) is 38.8 Å². The van der Waals surface area contributed by atoms with E-state index >= 15 is 0 Å². The summed E-state index contributed by atoms with van der Waals surface area (Å²) in [6.07, 6.45) is 1.16. The van der Waals surface area contributed by atoms with Crippen LogP contribution in [0.5, 0.6) is 0 Å². The van der Waals surface area contributed by atoms with Crippen LogP contribution in [0.2, 0.25) is 0 Å². The van der Waals surface area contributed by atoms with E-state index in [1.54, 1.807) is 6.07 Å². The van der Waals surface area contributed by atoms with E-state index in [0.717, 1.165) is 18.7 Å². The number of rotatable bonds is 2. The Morgan fingerprint density at radius 3 is 2.65 bits per heavy atom. The molecule has 94 valence electrons. The van der Waals surface area contributed by atoms with Gasteiger partial charge in [0.25, 0.3) is 0 Å². The monoisotopic (exact) mass is 236 g/mol. The third-order valence-electron chi connectivity index (χ3n) is 3.58. The molecule has 17 heavy (non-hydrogen) atoms. The third-order valence-corrected chi connectivity index (χ3v) is 3.58. The molecule has 0 saturated carbocycles. The molecule has 1 aromatic rings. The maximum Gasteiger partial charge on any atom is 0.130 e. The molecule has 2 unspecified atom stereocenters. The summed E-state index contributed by atoms with van der Waals surface area (Å²) >= 11 is 0. The summed E-state index contributed by atoms with van der Waals surface area (Å²) in [7, 11) is 0. The second-order valence-corrected chi connectivity index (χ2v) is 5.30. The molecule has 1 aliphatic heterocycles. The van der Waals surface area contributed by atoms with Crippen LogP contribution < -0.4 is 10.6 Å². The fourth-order valence-electron chi connectivity index (χ4n) is 2.86. The minimum Gasteiger partial charge on any atom is -0.368 e. The number of hydrogen-bond acceptors (Lipinski definition) is 2. The maximum atomic E-state index is 13.9. The van der Waals surface area contributed by atoms with Crippen molar-refractivity contribution in [3.8, 4) is 0 Å². The smallest absolute Gasteiger partial charge is 0.130 e. The highest BCUT2D eigenvalue weighted by Crippen LogP contribution is 2.34. The van der Waals surface area contributed by atoms with Crippen molar-refractivity contribution in [3.05, 3.63) is 29.6 Å². The lowest BCUT2D eigenvalue weighted by Crippen LogP contribution is -2.29. The molecule has 0 amide bonds. The van der Waals surface area contributed by atoms with Crippen molar-refractivity contribution in [1.82, 2.24) is 0 Å². The van der Waals surface area contributed by atoms with E-state index in [1.165, 1.54) is 6.07 Å². The first-order chi connectivity index (χ1) is 8.00. The molecular weight excluding hydrogens is 215 g/mol. The van der Waals surface area contributed by atoms with Crippen molar-refractivity contribution < 1.29 is 4.39 Å². The number of benzene rings is 1. The van der Waals surface area contributed by atoms with Crippen molar-refractivity contribution in [2.75, 3.05) is 11.4 Å². The Bertz CT molecular complexity index is 403. The van der Waals surface area contributed by atoms with Gasteiger partial charge in [-0.15, -0.1) is 0 Å². The zero-order valence-corrected chi connectivity index (χ0v) is 10.8. The molecule has 1 fully saturated rings. The van der Waals surface area contributed by atoms with Crippen LogP contribution in [0.15, 0.2) is 18.2 Å². The molecule has 2 nitrogen and oxygen atoms in total. The number of anilines is 1. The molecule has 0 aromatic heterocycles. The van der Waals surface area contributed by atoms with Crippen LogP contribution >= 0.6 is 0 Å². The van der Waals surface area contributed by atoms with Gasteiger partial charge in [0.05, 0.1) is 0 Å². The number of nitrogens with two attached hydrogens (primary N) is 1. The van der Waals surface area contributed by atoms with Crippen LogP contribution in [0, 0.1) is 11.7 Å². The van der Waals surface area contributed by atoms with Crippen molar-refractivity contribution in [2.24, 2.45) is 11.7 Å². The molecular formula is C14H21FN2. The van der Waals surface area contributed by atoms with E-state index in [4.69, 9.17) is 5.73 Å². The van der Waals surface area contributed by atoms with Gasteiger partial charge >= 0.3 is 0 Å². The number of nitrogens with zero attached hydrogens (tertiary/aromatic N) is 1. The SMILES string of the molecule is CC1CC(C)N(c2cccc(F)c2[C@@H](C)N)C1. The highest BCUT2D eigenvalue weighted by Gasteiger charge is 2.29. The normalized spacial score (nSPS) is 26.3. The average Bonchev–Trinajstić information content (AvgIpc) is 2.56. The van der Waals surface area contributed by atoms with E-state index in [2.05, 4.69) is 18.7 Å². The first-order valence-corrected chi connectivity index (χ1v) is 6.31. The lowest BCUT2D eigenvalue weighted by atomic mass is 10.0. The van der Waals surface area contributed by atoms with Gasteiger partial charge in [0.1, 0.15) is 5.82 Å². The summed E-state index contributed by atoms with van der Waals surface area (Å²) in [5, 5.41) is 0. The minimum atomic E-state index is -0.269. The summed E-state index contributed by atoms with van der Waals surface area (Å²) < 4.78 is 13.9. The second kappa shape index (κ2) is 4.65. The van der Waals surface area contributed by atoms with Gasteiger partial charge in [0.15, 0.2) is 0 Å². The zero-order valence-electron chi connectivity index (χ0n) is 10.8. The van der Waals surface area contributed by atoms with Gasteiger partial charge in [0.2, 0.25) is 0 Å². The molecule has 2 rings (SSSR count). The van der Waals surface area contributed by atoms with E-state index in [0.29, 0.717) is 17.5 Å². The highest BCUT2D eigenvalue weighted by atomic mass is 19.1. The van der Waals surface area contributed by atoms with Gasteiger partial charge in [-0.1, -0.05) is 13.0 Å². The molecule has 0 aliphatic carbocycles. The summed E-state index contributed by atoms with van der Waals surface area (Å²) in [5.41, 5.74) is 7.51. The van der Waals surface area contributed by atoms with E-state index in [-0.39, 0.29) is 11.9 Å². The summed E-state index contributed by atoms with van der Waals surface area (Å²) in [4.78, 5) is 2.28. The summed E-state index contributed by atoms with van der Waals surface area (Å²) in [6, 6.07) is 5.44. The molecule has 0 radical (unpaired) electrons. The van der Waals surface area contributed by atoms with E-state index in [9.17, 15) is 4.39 Å². The van der Waals surface area contributed by atoms with Crippen LogP contribution in [0.4, 0.5) is 10.1 Å². The molecule has 3 heteroatoms. The van der Waals surface area contributed by atoms with Crippen LogP contribution in [0.25, 0.3) is 0 Å². The van der Waals surface area contributed by atoms with Gasteiger partial charge in [-0.2, -0.15) is 0 Å².